The maximum Gasteiger partial charge on any atom is 0.0531 e. The minimum Gasteiger partial charge on any atom is -0.343 e. The van der Waals surface area contributed by atoms with E-state index in [0.29, 0.717) is 5.41 Å². The summed E-state index contributed by atoms with van der Waals surface area (Å²) in [7, 11) is 0. The highest BCUT2D eigenvalue weighted by molar-refractivity contribution is 5.90. The van der Waals surface area contributed by atoms with E-state index in [2.05, 4.69) is 55.8 Å². The van der Waals surface area contributed by atoms with Gasteiger partial charge in [-0.2, -0.15) is 0 Å². The van der Waals surface area contributed by atoms with E-state index >= 15 is 0 Å². The molecule has 0 bridgehead atoms. The summed E-state index contributed by atoms with van der Waals surface area (Å²) in [6.45, 7) is 12.9. The third kappa shape index (κ3) is 1.88. The molecule has 112 valence electrons. The third-order valence-electron chi connectivity index (χ3n) is 5.34. The van der Waals surface area contributed by atoms with Crippen LogP contribution in [-0.2, 0) is 24.9 Å². The molecule has 2 heteroatoms. The Kier molecular flexibility index (Phi) is 2.63. The van der Waals surface area contributed by atoms with Gasteiger partial charge in [0.1, 0.15) is 0 Å². The molecule has 0 amide bonds. The zero-order chi connectivity index (χ0) is 14.8. The van der Waals surface area contributed by atoms with Gasteiger partial charge in [0.25, 0.3) is 0 Å². The number of hydrogen-bond donors (Lipinski definition) is 1. The molecule has 0 atom stereocenters. The van der Waals surface area contributed by atoms with Gasteiger partial charge in [-0.3, -0.25) is 0 Å². The van der Waals surface area contributed by atoms with Crippen molar-refractivity contribution in [1.82, 2.24) is 9.88 Å². The first-order valence-corrected chi connectivity index (χ1v) is 8.23. The van der Waals surface area contributed by atoms with Gasteiger partial charge >= 0.3 is 0 Å². The number of fused-ring (bicyclic) bond motifs is 3. The summed E-state index contributed by atoms with van der Waals surface area (Å²) < 4.78 is 2.63. The Hall–Kier alpha value is -1.28. The SMILES string of the molecule is CC1(C)Cc2c(c3cccc4c3n2CCNC4)C(C)(C)C1. The molecule has 1 N–H and O–H groups in total. The summed E-state index contributed by atoms with van der Waals surface area (Å²) in [5.74, 6) is 0. The van der Waals surface area contributed by atoms with Crippen LogP contribution in [0.5, 0.6) is 0 Å². The van der Waals surface area contributed by atoms with Crippen LogP contribution >= 0.6 is 0 Å². The molecule has 2 heterocycles. The van der Waals surface area contributed by atoms with Crippen molar-refractivity contribution in [3.05, 3.63) is 35.0 Å². The molecule has 0 unspecified atom stereocenters. The molecule has 4 rings (SSSR count). The predicted octanol–water partition coefficient (Wildman–Crippen LogP) is 3.99. The lowest BCUT2D eigenvalue weighted by Crippen LogP contribution is -2.35. The van der Waals surface area contributed by atoms with E-state index in [-0.39, 0.29) is 5.41 Å². The zero-order valence-electron chi connectivity index (χ0n) is 13.7. The third-order valence-corrected chi connectivity index (χ3v) is 5.34. The molecule has 0 spiro atoms. The highest BCUT2D eigenvalue weighted by Gasteiger charge is 2.41. The summed E-state index contributed by atoms with van der Waals surface area (Å²) in [5, 5.41) is 5.07. The van der Waals surface area contributed by atoms with Crippen LogP contribution in [-0.4, -0.2) is 11.1 Å². The van der Waals surface area contributed by atoms with Gasteiger partial charge in [0.2, 0.25) is 0 Å². The highest BCUT2D eigenvalue weighted by Crippen LogP contribution is 2.49. The van der Waals surface area contributed by atoms with Crippen LogP contribution in [0, 0.1) is 5.41 Å². The molecule has 1 aromatic carbocycles. The number of rotatable bonds is 0. The summed E-state index contributed by atoms with van der Waals surface area (Å²) >= 11 is 0. The van der Waals surface area contributed by atoms with Gasteiger partial charge in [-0.25, -0.2) is 0 Å². The smallest absolute Gasteiger partial charge is 0.0531 e. The van der Waals surface area contributed by atoms with E-state index in [4.69, 9.17) is 0 Å². The first-order valence-electron chi connectivity index (χ1n) is 8.23. The first kappa shape index (κ1) is 13.4. The fourth-order valence-electron chi connectivity index (χ4n) is 5.08. The van der Waals surface area contributed by atoms with E-state index in [9.17, 15) is 0 Å². The van der Waals surface area contributed by atoms with Crippen LogP contribution in [0.15, 0.2) is 18.2 Å². The second kappa shape index (κ2) is 4.13. The number of hydrogen-bond acceptors (Lipinski definition) is 1. The Morgan fingerprint density at radius 1 is 1.14 bits per heavy atom. The summed E-state index contributed by atoms with van der Waals surface area (Å²) in [4.78, 5) is 0. The van der Waals surface area contributed by atoms with E-state index in [1.165, 1.54) is 29.3 Å². The van der Waals surface area contributed by atoms with Crippen molar-refractivity contribution in [2.75, 3.05) is 6.54 Å². The Labute approximate surface area is 127 Å². The fraction of sp³-hybridized carbons (Fsp3) is 0.579. The van der Waals surface area contributed by atoms with Crippen molar-refractivity contribution in [2.45, 2.75) is 59.0 Å². The molecule has 2 nitrogen and oxygen atoms in total. The fourth-order valence-corrected chi connectivity index (χ4v) is 5.08. The quantitative estimate of drug-likeness (QED) is 0.773. The molecule has 0 saturated carbocycles. The lowest BCUT2D eigenvalue weighted by atomic mass is 9.64. The van der Waals surface area contributed by atoms with Crippen LogP contribution in [0.2, 0.25) is 0 Å². The zero-order valence-corrected chi connectivity index (χ0v) is 13.7. The van der Waals surface area contributed by atoms with Crippen LogP contribution in [0.4, 0.5) is 0 Å². The topological polar surface area (TPSA) is 17.0 Å². The Bertz CT molecular complexity index is 719. The van der Waals surface area contributed by atoms with Crippen LogP contribution in [0.3, 0.4) is 0 Å². The van der Waals surface area contributed by atoms with Crippen molar-refractivity contribution < 1.29 is 0 Å². The van der Waals surface area contributed by atoms with Gasteiger partial charge in [-0.15, -0.1) is 0 Å². The number of nitrogens with one attached hydrogen (secondary N) is 1. The number of nitrogens with zero attached hydrogens (tertiary/aromatic N) is 1. The number of para-hydroxylation sites is 1. The Balaban J connectivity index is 2.11. The lowest BCUT2D eigenvalue weighted by molar-refractivity contribution is 0.227. The highest BCUT2D eigenvalue weighted by atomic mass is 15.0. The molecule has 1 aromatic heterocycles. The minimum absolute atomic E-state index is 0.270. The van der Waals surface area contributed by atoms with Gasteiger partial charge < -0.3 is 9.88 Å². The number of aromatic nitrogens is 1. The van der Waals surface area contributed by atoms with Gasteiger partial charge in [0.05, 0.1) is 5.52 Å². The van der Waals surface area contributed by atoms with Crippen molar-refractivity contribution in [2.24, 2.45) is 5.41 Å². The standard InChI is InChI=1S/C19H26N2/c1-18(2)10-15-16(19(3,4)12-18)14-7-5-6-13-11-20-8-9-21(15)17(13)14/h5-7,20H,8-12H2,1-4H3. The van der Waals surface area contributed by atoms with E-state index in [1.54, 1.807) is 11.3 Å². The molecule has 1 aliphatic heterocycles. The van der Waals surface area contributed by atoms with Crippen LogP contribution < -0.4 is 5.32 Å². The summed E-state index contributed by atoms with van der Waals surface area (Å²) in [6, 6.07) is 6.88. The van der Waals surface area contributed by atoms with E-state index < -0.39 is 0 Å². The van der Waals surface area contributed by atoms with Gasteiger partial charge in [0, 0.05) is 30.7 Å². The maximum atomic E-state index is 3.57. The number of benzene rings is 1. The normalized spacial score (nSPS) is 22.9. The van der Waals surface area contributed by atoms with Crippen molar-refractivity contribution >= 4 is 10.9 Å². The first-order chi connectivity index (χ1) is 9.89. The molecule has 21 heavy (non-hydrogen) atoms. The van der Waals surface area contributed by atoms with E-state index in [0.717, 1.165) is 19.6 Å². The van der Waals surface area contributed by atoms with Crippen molar-refractivity contribution in [3.8, 4) is 0 Å². The maximum absolute atomic E-state index is 3.57. The molecule has 0 radical (unpaired) electrons. The molecule has 2 aliphatic rings. The second-order valence-electron chi connectivity index (χ2n) is 8.37. The van der Waals surface area contributed by atoms with Crippen molar-refractivity contribution in [3.63, 3.8) is 0 Å². The average Bonchev–Trinajstić information content (AvgIpc) is 2.53. The molecule has 0 saturated heterocycles. The molecular formula is C19H26N2. The molecular weight excluding hydrogens is 256 g/mol. The Morgan fingerprint density at radius 3 is 2.76 bits per heavy atom. The van der Waals surface area contributed by atoms with Crippen molar-refractivity contribution in [1.29, 1.82) is 0 Å². The van der Waals surface area contributed by atoms with Crippen LogP contribution in [0.1, 0.15) is 50.9 Å². The molecule has 0 fully saturated rings. The summed E-state index contributed by atoms with van der Waals surface area (Å²) in [5.41, 5.74) is 6.85. The summed E-state index contributed by atoms with van der Waals surface area (Å²) in [6.07, 6.45) is 2.48. The minimum atomic E-state index is 0.270. The molecule has 1 aliphatic carbocycles. The monoisotopic (exact) mass is 282 g/mol. The van der Waals surface area contributed by atoms with Crippen LogP contribution in [0.25, 0.3) is 10.9 Å². The predicted molar refractivity (Wildman–Crippen MR) is 88.8 cm³/mol. The largest absolute Gasteiger partial charge is 0.343 e. The van der Waals surface area contributed by atoms with E-state index in [1.807, 2.05) is 0 Å². The van der Waals surface area contributed by atoms with Gasteiger partial charge in [-0.05, 0) is 34.8 Å². The average molecular weight is 282 g/mol. The lowest BCUT2D eigenvalue weighted by Gasteiger charge is -2.41. The van der Waals surface area contributed by atoms with Gasteiger partial charge in [0.15, 0.2) is 0 Å². The second-order valence-corrected chi connectivity index (χ2v) is 8.37. The Morgan fingerprint density at radius 2 is 1.95 bits per heavy atom. The molecule has 2 aromatic rings. The van der Waals surface area contributed by atoms with Gasteiger partial charge in [-0.1, -0.05) is 45.9 Å².